The monoisotopic (exact) mass is 487 g/mol. The number of fused-ring (bicyclic) bond motifs is 1. The summed E-state index contributed by atoms with van der Waals surface area (Å²) in [6.45, 7) is 4.49. The largest absolute Gasteiger partial charge is 0.329 e. The molecule has 34 heavy (non-hydrogen) atoms. The molecule has 1 aromatic heterocycles. The van der Waals surface area contributed by atoms with E-state index in [4.69, 9.17) is 0 Å². The van der Waals surface area contributed by atoms with Gasteiger partial charge in [0.1, 0.15) is 5.82 Å². The van der Waals surface area contributed by atoms with Gasteiger partial charge in [-0.3, -0.25) is 13.9 Å². The first-order valence-electron chi connectivity index (χ1n) is 11.8. The Hall–Kier alpha value is -2.94. The van der Waals surface area contributed by atoms with E-state index in [2.05, 4.69) is 5.32 Å². The Bertz CT molecular complexity index is 1390. The minimum Gasteiger partial charge on any atom is -0.325 e. The van der Waals surface area contributed by atoms with Crippen LogP contribution in [0.5, 0.6) is 0 Å². The third kappa shape index (κ3) is 4.53. The van der Waals surface area contributed by atoms with Crippen molar-refractivity contribution in [1.82, 2.24) is 9.13 Å². The van der Waals surface area contributed by atoms with E-state index >= 15 is 0 Å². The van der Waals surface area contributed by atoms with Crippen molar-refractivity contribution < 1.29 is 17.6 Å². The van der Waals surface area contributed by atoms with Crippen LogP contribution in [0.25, 0.3) is 11.0 Å². The molecule has 1 saturated carbocycles. The maximum Gasteiger partial charge on any atom is 0.329 e. The van der Waals surface area contributed by atoms with Crippen molar-refractivity contribution in [2.75, 3.05) is 5.32 Å². The van der Waals surface area contributed by atoms with Gasteiger partial charge in [0, 0.05) is 13.1 Å². The van der Waals surface area contributed by atoms with Crippen LogP contribution in [0.4, 0.5) is 10.1 Å². The standard InChI is InChI=1S/C25H30FN3O4S/c1-3-28-21-15-20(27-24(30)14-17-9-8-10-18(26)13-17)23(16-22(21)29(4-2)25(28)31)34(32,33)19-11-6-5-7-12-19/h8-10,13,15-16,19H,3-7,11-12,14H2,1-2H3,(H,27,30). The molecule has 7 nitrogen and oxygen atoms in total. The number of amides is 1. The van der Waals surface area contributed by atoms with Gasteiger partial charge < -0.3 is 5.32 Å². The zero-order valence-corrected chi connectivity index (χ0v) is 20.3. The van der Waals surface area contributed by atoms with E-state index in [9.17, 15) is 22.4 Å². The number of carbonyl (C=O) groups is 1. The summed E-state index contributed by atoms with van der Waals surface area (Å²) in [7, 11) is -3.74. The molecule has 0 atom stereocenters. The normalized spacial score (nSPS) is 15.0. The highest BCUT2D eigenvalue weighted by Crippen LogP contribution is 2.35. The number of anilines is 1. The maximum atomic E-state index is 13.7. The third-order valence-corrected chi connectivity index (χ3v) is 8.88. The lowest BCUT2D eigenvalue weighted by molar-refractivity contribution is -0.115. The molecular weight excluding hydrogens is 457 g/mol. The Kier molecular flexibility index (Phi) is 6.93. The van der Waals surface area contributed by atoms with E-state index in [0.29, 0.717) is 42.5 Å². The van der Waals surface area contributed by atoms with Crippen LogP contribution in [0.15, 0.2) is 46.1 Å². The van der Waals surface area contributed by atoms with Crippen molar-refractivity contribution in [1.29, 1.82) is 0 Å². The molecule has 182 valence electrons. The minimum absolute atomic E-state index is 0.0370. The number of rotatable bonds is 7. The molecule has 1 aliphatic rings. The molecule has 0 bridgehead atoms. The van der Waals surface area contributed by atoms with Crippen molar-refractivity contribution in [3.63, 3.8) is 0 Å². The molecule has 3 aromatic rings. The Morgan fingerprint density at radius 1 is 1.03 bits per heavy atom. The van der Waals surface area contributed by atoms with Gasteiger partial charge in [-0.05, 0) is 56.5 Å². The predicted octanol–water partition coefficient (Wildman–Crippen LogP) is 4.27. The number of aryl methyl sites for hydroxylation is 2. The van der Waals surface area contributed by atoms with E-state index in [0.717, 1.165) is 19.3 Å². The van der Waals surface area contributed by atoms with Crippen LogP contribution in [0, 0.1) is 5.82 Å². The van der Waals surface area contributed by atoms with Gasteiger partial charge in [-0.1, -0.05) is 31.4 Å². The zero-order valence-electron chi connectivity index (χ0n) is 19.5. The molecular formula is C25H30FN3O4S. The number of imidazole rings is 1. The molecule has 4 rings (SSSR count). The van der Waals surface area contributed by atoms with Crippen LogP contribution >= 0.6 is 0 Å². The molecule has 1 amide bonds. The number of carbonyl (C=O) groups excluding carboxylic acids is 1. The van der Waals surface area contributed by atoms with Crippen LogP contribution in [0.2, 0.25) is 0 Å². The van der Waals surface area contributed by atoms with Gasteiger partial charge in [0.05, 0.1) is 33.3 Å². The van der Waals surface area contributed by atoms with E-state index in [1.54, 1.807) is 21.3 Å². The molecule has 0 saturated heterocycles. The number of sulfone groups is 1. The fourth-order valence-corrected chi connectivity index (χ4v) is 6.87. The molecule has 2 aromatic carbocycles. The lowest BCUT2D eigenvalue weighted by Gasteiger charge is -2.23. The van der Waals surface area contributed by atoms with Crippen LogP contribution in [-0.2, 0) is 34.1 Å². The van der Waals surface area contributed by atoms with Crippen LogP contribution < -0.4 is 11.0 Å². The topological polar surface area (TPSA) is 90.2 Å². The number of nitrogens with one attached hydrogen (secondary N) is 1. The molecule has 0 radical (unpaired) electrons. The van der Waals surface area contributed by atoms with Crippen molar-refractivity contribution in [3.05, 3.63) is 58.3 Å². The first kappa shape index (κ1) is 24.2. The fraction of sp³-hybridized carbons (Fsp3) is 0.440. The summed E-state index contributed by atoms with van der Waals surface area (Å²) >= 11 is 0. The Morgan fingerprint density at radius 3 is 2.29 bits per heavy atom. The Morgan fingerprint density at radius 2 is 1.68 bits per heavy atom. The minimum atomic E-state index is -3.74. The summed E-state index contributed by atoms with van der Waals surface area (Å²) in [5.74, 6) is -0.898. The first-order valence-corrected chi connectivity index (χ1v) is 13.4. The molecule has 1 fully saturated rings. The molecule has 1 N–H and O–H groups in total. The zero-order chi connectivity index (χ0) is 24.5. The van der Waals surface area contributed by atoms with Crippen molar-refractivity contribution in [3.8, 4) is 0 Å². The number of hydrogen-bond acceptors (Lipinski definition) is 4. The summed E-state index contributed by atoms with van der Waals surface area (Å²) in [5.41, 5.74) is 1.53. The van der Waals surface area contributed by atoms with Gasteiger partial charge in [0.2, 0.25) is 5.91 Å². The first-order chi connectivity index (χ1) is 16.3. The number of benzene rings is 2. The van der Waals surface area contributed by atoms with Crippen molar-refractivity contribution in [2.45, 2.75) is 75.6 Å². The Balaban J connectivity index is 1.83. The summed E-state index contributed by atoms with van der Waals surface area (Å²) in [6.07, 6.45) is 3.76. The third-order valence-electron chi connectivity index (χ3n) is 6.58. The smallest absolute Gasteiger partial charge is 0.325 e. The predicted molar refractivity (Wildman–Crippen MR) is 130 cm³/mol. The summed E-state index contributed by atoms with van der Waals surface area (Å²) in [4.78, 5) is 25.8. The van der Waals surface area contributed by atoms with Gasteiger partial charge in [0.25, 0.3) is 0 Å². The second-order valence-electron chi connectivity index (χ2n) is 8.77. The lowest BCUT2D eigenvalue weighted by Crippen LogP contribution is -2.26. The number of halogens is 1. The van der Waals surface area contributed by atoms with Gasteiger partial charge in [-0.25, -0.2) is 17.6 Å². The highest BCUT2D eigenvalue weighted by Gasteiger charge is 2.32. The average molecular weight is 488 g/mol. The highest BCUT2D eigenvalue weighted by molar-refractivity contribution is 7.92. The van der Waals surface area contributed by atoms with E-state index < -0.39 is 26.8 Å². The lowest BCUT2D eigenvalue weighted by atomic mass is 10.0. The van der Waals surface area contributed by atoms with Gasteiger partial charge >= 0.3 is 5.69 Å². The van der Waals surface area contributed by atoms with E-state index in [-0.39, 0.29) is 22.7 Å². The van der Waals surface area contributed by atoms with Crippen molar-refractivity contribution >= 4 is 32.5 Å². The number of aromatic nitrogens is 2. The van der Waals surface area contributed by atoms with E-state index in [1.807, 2.05) is 13.8 Å². The molecule has 1 heterocycles. The van der Waals surface area contributed by atoms with Crippen LogP contribution in [-0.4, -0.2) is 28.7 Å². The summed E-state index contributed by atoms with van der Waals surface area (Å²) < 4.78 is 44.1. The highest BCUT2D eigenvalue weighted by atomic mass is 32.2. The average Bonchev–Trinajstić information content (AvgIpc) is 3.08. The summed E-state index contributed by atoms with van der Waals surface area (Å²) in [5, 5.41) is 2.23. The van der Waals surface area contributed by atoms with Crippen molar-refractivity contribution in [2.24, 2.45) is 0 Å². The summed E-state index contributed by atoms with van der Waals surface area (Å²) in [6, 6.07) is 8.86. The van der Waals surface area contributed by atoms with Crippen LogP contribution in [0.1, 0.15) is 51.5 Å². The molecule has 0 unspecified atom stereocenters. The number of nitrogens with zero attached hydrogens (tertiary/aromatic N) is 2. The Labute approximate surface area is 198 Å². The second-order valence-corrected chi connectivity index (χ2v) is 11.0. The molecule has 0 aliphatic heterocycles. The quantitative estimate of drug-likeness (QED) is 0.539. The second kappa shape index (κ2) is 9.74. The van der Waals surface area contributed by atoms with Gasteiger partial charge in [-0.2, -0.15) is 0 Å². The van der Waals surface area contributed by atoms with E-state index in [1.165, 1.54) is 24.3 Å². The number of hydrogen-bond donors (Lipinski definition) is 1. The maximum absolute atomic E-state index is 13.7. The SMILES string of the molecule is CCn1c(=O)n(CC)c2cc(S(=O)(=O)C3CCCCC3)c(NC(=O)Cc3cccc(F)c3)cc21. The van der Waals surface area contributed by atoms with Crippen LogP contribution in [0.3, 0.4) is 0 Å². The molecule has 0 spiro atoms. The molecule has 1 aliphatic carbocycles. The van der Waals surface area contributed by atoms with Gasteiger partial charge in [0.15, 0.2) is 9.84 Å². The fourth-order valence-electron chi connectivity index (χ4n) is 4.87. The van der Waals surface area contributed by atoms with Gasteiger partial charge in [-0.15, -0.1) is 0 Å². The molecule has 9 heteroatoms.